The predicted molar refractivity (Wildman–Crippen MR) is 187 cm³/mol. The van der Waals surface area contributed by atoms with Gasteiger partial charge in [0.2, 0.25) is 20.0 Å². The van der Waals surface area contributed by atoms with Crippen molar-refractivity contribution in [3.63, 3.8) is 0 Å². The lowest BCUT2D eigenvalue weighted by Crippen LogP contribution is -2.13. The Morgan fingerprint density at radius 1 is 0.560 bits per heavy atom. The lowest BCUT2D eigenvalue weighted by Gasteiger charge is -2.06. The quantitative estimate of drug-likeness (QED) is 0.123. The molecule has 256 valence electrons. The number of carbonyl (C=O) groups is 2. The monoisotopic (exact) mass is 753 g/mol. The fourth-order valence-electron chi connectivity index (χ4n) is 4.84. The lowest BCUT2D eigenvalue weighted by atomic mass is 9.99. The van der Waals surface area contributed by atoms with Crippen LogP contribution in [0.5, 0.6) is 0 Å². The van der Waals surface area contributed by atoms with Crippen LogP contribution in [0.25, 0.3) is 44.8 Å². The zero-order valence-electron chi connectivity index (χ0n) is 25.3. The minimum absolute atomic E-state index is 0.0339. The number of aromatic nitrogens is 4. The summed E-state index contributed by atoms with van der Waals surface area (Å²) in [4.78, 5) is 23.1. The summed E-state index contributed by atoms with van der Waals surface area (Å²) in [6, 6.07) is 25.0. The molecule has 0 radical (unpaired) electrons. The number of amides is 1. The van der Waals surface area contributed by atoms with Crippen molar-refractivity contribution >= 4 is 55.1 Å². The molecule has 2 aromatic heterocycles. The van der Waals surface area contributed by atoms with Crippen LogP contribution in [-0.2, 0) is 20.0 Å². The van der Waals surface area contributed by atoms with Crippen LogP contribution in [0.3, 0.4) is 0 Å². The van der Waals surface area contributed by atoms with Gasteiger partial charge in [-0.05, 0) is 59.7 Å². The van der Waals surface area contributed by atoms with Crippen LogP contribution in [0.2, 0.25) is 10.0 Å². The van der Waals surface area contributed by atoms with Gasteiger partial charge in [-0.15, -0.1) is 0 Å². The number of carboxylic acids is 1. The highest BCUT2D eigenvalue weighted by Crippen LogP contribution is 2.35. The van der Waals surface area contributed by atoms with Gasteiger partial charge in [0.15, 0.2) is 5.69 Å². The van der Waals surface area contributed by atoms with Crippen molar-refractivity contribution in [1.29, 1.82) is 0 Å². The van der Waals surface area contributed by atoms with Gasteiger partial charge in [0.1, 0.15) is 17.1 Å². The molecule has 0 aliphatic carbocycles. The van der Waals surface area contributed by atoms with Crippen LogP contribution in [0.15, 0.2) is 107 Å². The molecule has 50 heavy (non-hydrogen) atoms. The van der Waals surface area contributed by atoms with E-state index >= 15 is 0 Å². The molecule has 0 saturated carbocycles. The molecule has 9 N–H and O–H groups in total. The lowest BCUT2D eigenvalue weighted by molar-refractivity contribution is 0.0691. The molecule has 0 unspecified atom stereocenters. The Labute approximate surface area is 295 Å². The molecule has 0 atom stereocenters. The largest absolute Gasteiger partial charge is 0.477 e. The van der Waals surface area contributed by atoms with Crippen molar-refractivity contribution in [1.82, 2.24) is 20.4 Å². The van der Waals surface area contributed by atoms with E-state index in [2.05, 4.69) is 20.4 Å². The van der Waals surface area contributed by atoms with Crippen LogP contribution in [0.1, 0.15) is 21.0 Å². The Bertz CT molecular complexity index is 2260. The van der Waals surface area contributed by atoms with Crippen molar-refractivity contribution in [2.75, 3.05) is 0 Å². The Hall–Kier alpha value is -5.36. The van der Waals surface area contributed by atoms with Crippen LogP contribution >= 0.6 is 23.2 Å². The highest BCUT2D eigenvalue weighted by atomic mass is 35.5. The number of primary amides is 1. The van der Waals surface area contributed by atoms with E-state index in [4.69, 9.17) is 39.2 Å². The molecule has 6 aromatic rings. The van der Waals surface area contributed by atoms with Gasteiger partial charge >= 0.3 is 5.97 Å². The maximum Gasteiger partial charge on any atom is 0.354 e. The maximum atomic E-state index is 11.7. The molecule has 0 aliphatic rings. The summed E-state index contributed by atoms with van der Waals surface area (Å²) in [5.74, 6) is -1.86. The molecule has 4 aromatic carbocycles. The number of carboxylic acid groups (broad SMARTS) is 1. The highest BCUT2D eigenvalue weighted by Gasteiger charge is 2.23. The molecule has 18 heteroatoms. The maximum absolute atomic E-state index is 11.7. The number of sulfonamides is 2. The summed E-state index contributed by atoms with van der Waals surface area (Å²) >= 11 is 11.8. The van der Waals surface area contributed by atoms with Crippen molar-refractivity contribution in [3.05, 3.63) is 118 Å². The van der Waals surface area contributed by atoms with Gasteiger partial charge in [0, 0.05) is 32.3 Å². The Morgan fingerprint density at radius 2 is 0.880 bits per heavy atom. The number of aromatic amines is 2. The number of H-pyrrole nitrogens is 2. The predicted octanol–water partition coefficient (Wildman–Crippen LogP) is 4.89. The van der Waals surface area contributed by atoms with E-state index in [0.29, 0.717) is 49.3 Å². The number of hydrogen-bond donors (Lipinski definition) is 6. The summed E-state index contributed by atoms with van der Waals surface area (Å²) in [7, 11) is -7.65. The molecule has 14 nitrogen and oxygen atoms in total. The fraction of sp³-hybridized carbons (Fsp3) is 0. The van der Waals surface area contributed by atoms with E-state index in [1.54, 1.807) is 48.5 Å². The zero-order valence-corrected chi connectivity index (χ0v) is 28.5. The van der Waals surface area contributed by atoms with Gasteiger partial charge in [-0.1, -0.05) is 71.7 Å². The molecule has 6 rings (SSSR count). The van der Waals surface area contributed by atoms with Crippen LogP contribution in [-0.4, -0.2) is 54.2 Å². The molecule has 0 aliphatic heterocycles. The topological polar surface area (TPSA) is 258 Å². The highest BCUT2D eigenvalue weighted by molar-refractivity contribution is 7.89. The van der Waals surface area contributed by atoms with Gasteiger partial charge in [-0.25, -0.2) is 31.9 Å². The van der Waals surface area contributed by atoms with E-state index in [1.807, 2.05) is 0 Å². The van der Waals surface area contributed by atoms with Crippen molar-refractivity contribution in [3.8, 4) is 44.8 Å². The van der Waals surface area contributed by atoms with Gasteiger partial charge in [0.25, 0.3) is 5.91 Å². The second-order valence-electron chi connectivity index (χ2n) is 10.5. The summed E-state index contributed by atoms with van der Waals surface area (Å²) in [5.41, 5.74) is 9.60. The van der Waals surface area contributed by atoms with Crippen LogP contribution in [0, 0.1) is 0 Å². The molecule has 0 saturated heterocycles. The average molecular weight is 755 g/mol. The molecule has 0 spiro atoms. The molecule has 2 heterocycles. The number of halogens is 2. The van der Waals surface area contributed by atoms with Gasteiger partial charge in [-0.2, -0.15) is 10.2 Å². The first-order chi connectivity index (χ1) is 23.5. The van der Waals surface area contributed by atoms with Crippen molar-refractivity contribution in [2.45, 2.75) is 9.79 Å². The van der Waals surface area contributed by atoms with E-state index < -0.39 is 31.9 Å². The Morgan fingerprint density at radius 3 is 1.20 bits per heavy atom. The van der Waals surface area contributed by atoms with Crippen molar-refractivity contribution < 1.29 is 31.5 Å². The number of nitrogens with two attached hydrogens (primary N) is 3. The molecular formula is C32H25Cl2N7O7S2. The number of carbonyl (C=O) groups excluding carboxylic acids is 1. The molecule has 0 bridgehead atoms. The fourth-order valence-corrected chi connectivity index (χ4v) is 6.12. The first-order valence-electron chi connectivity index (χ1n) is 14.0. The smallest absolute Gasteiger partial charge is 0.354 e. The summed E-state index contributed by atoms with van der Waals surface area (Å²) in [5, 5.41) is 34.1. The summed E-state index contributed by atoms with van der Waals surface area (Å²) in [6.07, 6.45) is 0. The first-order valence-corrected chi connectivity index (χ1v) is 17.9. The number of nitrogens with zero attached hydrogens (tertiary/aromatic N) is 2. The Balaban J connectivity index is 0.000000194. The number of hydrogen-bond acceptors (Lipinski definition) is 8. The number of nitrogens with one attached hydrogen (secondary N) is 2. The molecule has 0 fully saturated rings. The van der Waals surface area contributed by atoms with Crippen LogP contribution < -0.4 is 16.0 Å². The minimum atomic E-state index is -3.84. The van der Waals surface area contributed by atoms with Crippen LogP contribution in [0.4, 0.5) is 0 Å². The first kappa shape index (κ1) is 35.9. The van der Waals surface area contributed by atoms with Gasteiger partial charge in [-0.3, -0.25) is 15.0 Å². The Kier molecular flexibility index (Phi) is 10.2. The molecular weight excluding hydrogens is 729 g/mol. The summed E-state index contributed by atoms with van der Waals surface area (Å²) in [6.45, 7) is 0. The standard InChI is InChI=1S/C16H13ClN4O3S.C16H12ClN3O4S/c17-11-5-1-10(2-6-11)14-13(15(16(18)22)21-20-14)9-3-7-12(8-4-9)25(19,23)24;17-11-5-1-10(2-6-11)14-13(15(16(21)22)20-19-14)9-3-7-12(8-4-9)25(18,23)24/h1-8H,(H2,18,22)(H,20,21)(H2,19,23,24);1-8H,(H,19,20)(H,21,22)(H2,18,23,24). The molecule has 1 amide bonds. The number of benzene rings is 4. The third kappa shape index (κ3) is 7.92. The number of aromatic carboxylic acids is 1. The van der Waals surface area contributed by atoms with E-state index in [9.17, 15) is 31.5 Å². The SMILES string of the molecule is NC(=O)c1[nH]nc(-c2ccc(Cl)cc2)c1-c1ccc(S(N)(=O)=O)cc1.NS(=O)(=O)c1ccc(-c2c(-c3ccc(Cl)cc3)n[nH]c2C(=O)O)cc1. The normalized spacial score (nSPS) is 11.4. The van der Waals surface area contributed by atoms with E-state index in [0.717, 1.165) is 5.56 Å². The van der Waals surface area contributed by atoms with Crippen molar-refractivity contribution in [2.24, 2.45) is 16.0 Å². The second-order valence-corrected chi connectivity index (χ2v) is 14.5. The zero-order chi connectivity index (χ0) is 36.4. The van der Waals surface area contributed by atoms with E-state index in [1.165, 1.54) is 48.5 Å². The van der Waals surface area contributed by atoms with Gasteiger partial charge < -0.3 is 10.8 Å². The van der Waals surface area contributed by atoms with Gasteiger partial charge in [0.05, 0.1) is 9.79 Å². The minimum Gasteiger partial charge on any atom is -0.477 e. The second kappa shape index (κ2) is 14.2. The summed E-state index contributed by atoms with van der Waals surface area (Å²) < 4.78 is 45.6. The number of primary sulfonamides is 2. The third-order valence-electron chi connectivity index (χ3n) is 7.17. The third-order valence-corrected chi connectivity index (χ3v) is 9.53. The van der Waals surface area contributed by atoms with E-state index in [-0.39, 0.29) is 21.2 Å². The average Bonchev–Trinajstić information content (AvgIpc) is 3.71. The number of rotatable bonds is 8.